The van der Waals surface area contributed by atoms with Gasteiger partial charge in [-0.2, -0.15) is 0 Å². The number of carbonyl (C=O) groups is 1. The lowest BCUT2D eigenvalue weighted by Crippen LogP contribution is -2.27. The van der Waals surface area contributed by atoms with Crippen molar-refractivity contribution >= 4 is 29.3 Å². The largest absolute Gasteiger partial charge is 0.497 e. The van der Waals surface area contributed by atoms with Crippen LogP contribution in [0.3, 0.4) is 0 Å². The summed E-state index contributed by atoms with van der Waals surface area (Å²) in [7, 11) is 3.43. The fraction of sp³-hybridized carbons (Fsp3) is 0.235. The Morgan fingerprint density at radius 3 is 2.73 bits per heavy atom. The normalized spacial score (nSPS) is 10.3. The summed E-state index contributed by atoms with van der Waals surface area (Å²) < 4.78 is 5.19. The van der Waals surface area contributed by atoms with Gasteiger partial charge in [-0.3, -0.25) is 4.79 Å². The summed E-state index contributed by atoms with van der Waals surface area (Å²) in [5.41, 5.74) is 1.04. The van der Waals surface area contributed by atoms with Crippen molar-refractivity contribution in [2.75, 3.05) is 19.9 Å². The van der Waals surface area contributed by atoms with Gasteiger partial charge >= 0.3 is 0 Å². The van der Waals surface area contributed by atoms with E-state index >= 15 is 0 Å². The maximum absolute atomic E-state index is 12.2. The van der Waals surface area contributed by atoms with Crippen LogP contribution in [0.25, 0.3) is 0 Å². The van der Waals surface area contributed by atoms with Gasteiger partial charge in [-0.25, -0.2) is 0 Å². The third-order valence-corrected chi connectivity index (χ3v) is 4.67. The molecule has 0 heterocycles. The zero-order chi connectivity index (χ0) is 15.9. The Bertz CT molecular complexity index is 648. The Balaban J connectivity index is 1.90. The molecule has 0 aliphatic rings. The number of hydrogen-bond donors (Lipinski definition) is 0. The Morgan fingerprint density at radius 2 is 2.00 bits per heavy atom. The van der Waals surface area contributed by atoms with E-state index in [0.717, 1.165) is 16.2 Å². The van der Waals surface area contributed by atoms with Crippen molar-refractivity contribution in [3.63, 3.8) is 0 Å². The number of rotatable bonds is 6. The van der Waals surface area contributed by atoms with E-state index in [0.29, 0.717) is 17.3 Å². The molecule has 3 nitrogen and oxygen atoms in total. The van der Waals surface area contributed by atoms with Gasteiger partial charge in [0, 0.05) is 18.5 Å². The maximum Gasteiger partial charge on any atom is 0.232 e. The van der Waals surface area contributed by atoms with Gasteiger partial charge in [0.05, 0.1) is 17.9 Å². The third-order valence-electron chi connectivity index (χ3n) is 3.17. The summed E-state index contributed by atoms with van der Waals surface area (Å²) in [5, 5.41) is 0.677. The lowest BCUT2D eigenvalue weighted by atomic mass is 10.2. The van der Waals surface area contributed by atoms with Crippen LogP contribution in [-0.2, 0) is 11.3 Å². The van der Waals surface area contributed by atoms with Gasteiger partial charge in [0.15, 0.2) is 0 Å². The molecule has 0 radical (unpaired) electrons. The molecular weight excluding hydrogens is 318 g/mol. The average Bonchev–Trinajstić information content (AvgIpc) is 2.54. The molecule has 0 aliphatic carbocycles. The van der Waals surface area contributed by atoms with E-state index in [2.05, 4.69) is 0 Å². The molecule has 0 saturated carbocycles. The second-order valence-electron chi connectivity index (χ2n) is 4.82. The summed E-state index contributed by atoms with van der Waals surface area (Å²) in [6, 6.07) is 15.3. The summed E-state index contributed by atoms with van der Waals surface area (Å²) in [5.74, 6) is 1.22. The molecule has 22 heavy (non-hydrogen) atoms. The van der Waals surface area contributed by atoms with E-state index in [1.165, 1.54) is 11.8 Å². The molecule has 0 saturated heterocycles. The van der Waals surface area contributed by atoms with Crippen LogP contribution in [0.4, 0.5) is 0 Å². The molecule has 2 aromatic rings. The number of ether oxygens (including phenoxy) is 1. The molecule has 0 N–H and O–H groups in total. The van der Waals surface area contributed by atoms with Crippen molar-refractivity contribution in [3.8, 4) is 5.75 Å². The molecular formula is C17H18ClNO2S. The third kappa shape index (κ3) is 4.68. The first-order valence-corrected chi connectivity index (χ1v) is 8.20. The fourth-order valence-electron chi connectivity index (χ4n) is 1.94. The number of carbonyl (C=O) groups excluding carboxylic acids is 1. The molecule has 2 rings (SSSR count). The number of methoxy groups -OCH3 is 1. The van der Waals surface area contributed by atoms with Crippen molar-refractivity contribution in [2.24, 2.45) is 0 Å². The lowest BCUT2D eigenvalue weighted by molar-refractivity contribution is -0.127. The van der Waals surface area contributed by atoms with Gasteiger partial charge in [0.1, 0.15) is 5.75 Å². The highest BCUT2D eigenvalue weighted by Crippen LogP contribution is 2.26. The number of halogens is 1. The quantitative estimate of drug-likeness (QED) is 0.744. The van der Waals surface area contributed by atoms with Crippen LogP contribution in [0.5, 0.6) is 5.75 Å². The molecule has 116 valence electrons. The summed E-state index contributed by atoms with van der Waals surface area (Å²) in [6.45, 7) is 0.555. The monoisotopic (exact) mass is 335 g/mol. The van der Waals surface area contributed by atoms with Crippen molar-refractivity contribution < 1.29 is 9.53 Å². The van der Waals surface area contributed by atoms with Crippen LogP contribution in [0.15, 0.2) is 53.4 Å². The summed E-state index contributed by atoms with van der Waals surface area (Å²) in [4.78, 5) is 14.8. The smallest absolute Gasteiger partial charge is 0.232 e. The Kier molecular flexibility index (Phi) is 6.16. The molecule has 0 unspecified atom stereocenters. The molecule has 1 amide bonds. The second kappa shape index (κ2) is 8.11. The minimum absolute atomic E-state index is 0.0627. The fourth-order valence-corrected chi connectivity index (χ4v) is 3.12. The van der Waals surface area contributed by atoms with Crippen molar-refractivity contribution in [2.45, 2.75) is 11.4 Å². The van der Waals surface area contributed by atoms with Crippen LogP contribution in [0.2, 0.25) is 5.02 Å². The molecule has 0 spiro atoms. The first kappa shape index (κ1) is 16.7. The second-order valence-corrected chi connectivity index (χ2v) is 6.24. The minimum Gasteiger partial charge on any atom is -0.497 e. The van der Waals surface area contributed by atoms with Crippen molar-refractivity contribution in [1.29, 1.82) is 0 Å². The van der Waals surface area contributed by atoms with Crippen LogP contribution in [0.1, 0.15) is 5.56 Å². The maximum atomic E-state index is 12.2. The summed E-state index contributed by atoms with van der Waals surface area (Å²) >= 11 is 7.54. The topological polar surface area (TPSA) is 29.5 Å². The van der Waals surface area contributed by atoms with Crippen LogP contribution in [0, 0.1) is 0 Å². The standard InChI is InChI=1S/C17H18ClNO2S/c1-19(11-13-6-5-7-14(10-13)21-2)17(20)12-22-16-9-4-3-8-15(16)18/h3-10H,11-12H2,1-2H3. The van der Waals surface area contributed by atoms with E-state index in [-0.39, 0.29) is 5.91 Å². The van der Waals surface area contributed by atoms with Gasteiger partial charge in [-0.1, -0.05) is 35.9 Å². The van der Waals surface area contributed by atoms with Crippen LogP contribution in [-0.4, -0.2) is 30.7 Å². The molecule has 5 heteroatoms. The molecule has 0 fully saturated rings. The predicted octanol–water partition coefficient (Wildman–Crippen LogP) is 4.10. The van der Waals surface area contributed by atoms with Crippen molar-refractivity contribution in [1.82, 2.24) is 4.90 Å². The lowest BCUT2D eigenvalue weighted by Gasteiger charge is -2.17. The highest BCUT2D eigenvalue weighted by Gasteiger charge is 2.11. The molecule has 0 bridgehead atoms. The van der Waals surface area contributed by atoms with E-state index in [1.54, 1.807) is 19.1 Å². The highest BCUT2D eigenvalue weighted by molar-refractivity contribution is 8.00. The molecule has 2 aromatic carbocycles. The van der Waals surface area contributed by atoms with Gasteiger partial charge in [0.25, 0.3) is 0 Å². The predicted molar refractivity (Wildman–Crippen MR) is 91.6 cm³/mol. The first-order chi connectivity index (χ1) is 10.6. The molecule has 0 atom stereocenters. The van der Waals surface area contributed by atoms with E-state index in [1.807, 2.05) is 48.5 Å². The minimum atomic E-state index is 0.0627. The number of thioether (sulfide) groups is 1. The van der Waals surface area contributed by atoms with Gasteiger partial charge in [-0.15, -0.1) is 11.8 Å². The SMILES string of the molecule is COc1cccc(CN(C)C(=O)CSc2ccccc2Cl)c1. The molecule has 0 aromatic heterocycles. The number of nitrogens with zero attached hydrogens (tertiary/aromatic N) is 1. The van der Waals surface area contributed by atoms with E-state index in [4.69, 9.17) is 16.3 Å². The van der Waals surface area contributed by atoms with E-state index < -0.39 is 0 Å². The Morgan fingerprint density at radius 1 is 1.23 bits per heavy atom. The number of benzene rings is 2. The first-order valence-electron chi connectivity index (χ1n) is 6.84. The molecule has 0 aliphatic heterocycles. The average molecular weight is 336 g/mol. The van der Waals surface area contributed by atoms with Gasteiger partial charge < -0.3 is 9.64 Å². The van der Waals surface area contributed by atoms with Crippen LogP contribution < -0.4 is 4.74 Å². The zero-order valence-corrected chi connectivity index (χ0v) is 14.2. The Labute approximate surface area is 140 Å². The van der Waals surface area contributed by atoms with Crippen molar-refractivity contribution in [3.05, 3.63) is 59.1 Å². The van der Waals surface area contributed by atoms with Gasteiger partial charge in [-0.05, 0) is 29.8 Å². The number of hydrogen-bond acceptors (Lipinski definition) is 3. The summed E-state index contributed by atoms with van der Waals surface area (Å²) in [6.07, 6.45) is 0. The zero-order valence-electron chi connectivity index (χ0n) is 12.6. The van der Waals surface area contributed by atoms with E-state index in [9.17, 15) is 4.79 Å². The highest BCUT2D eigenvalue weighted by atomic mass is 35.5. The van der Waals surface area contributed by atoms with Crippen LogP contribution >= 0.6 is 23.4 Å². The number of amides is 1. The van der Waals surface area contributed by atoms with Gasteiger partial charge in [0.2, 0.25) is 5.91 Å². The Hall–Kier alpha value is -1.65.